The van der Waals surface area contributed by atoms with Crippen molar-refractivity contribution in [2.45, 2.75) is 13.5 Å². The standard InChI is InChI=1S/C11H19N3O3/c1-9-10(7-14(2)13-9)6-12-11(15)8-17-5-4-16-3/h7H,4-6,8H2,1-3H3,(H,12,15). The van der Waals surface area contributed by atoms with Crippen LogP contribution in [-0.2, 0) is 27.9 Å². The number of aromatic nitrogens is 2. The Bertz CT molecular complexity index is 363. The Hall–Kier alpha value is -1.40. The summed E-state index contributed by atoms with van der Waals surface area (Å²) in [6.45, 7) is 3.37. The van der Waals surface area contributed by atoms with E-state index in [9.17, 15) is 4.79 Å². The molecule has 0 bridgehead atoms. The molecule has 6 nitrogen and oxygen atoms in total. The van der Waals surface area contributed by atoms with Crippen molar-refractivity contribution in [2.75, 3.05) is 26.9 Å². The van der Waals surface area contributed by atoms with Gasteiger partial charge in [-0.05, 0) is 6.92 Å². The molecule has 17 heavy (non-hydrogen) atoms. The van der Waals surface area contributed by atoms with E-state index >= 15 is 0 Å². The van der Waals surface area contributed by atoms with Crippen LogP contribution in [0.1, 0.15) is 11.3 Å². The summed E-state index contributed by atoms with van der Waals surface area (Å²) in [7, 11) is 3.45. The van der Waals surface area contributed by atoms with E-state index in [0.29, 0.717) is 19.8 Å². The van der Waals surface area contributed by atoms with E-state index in [2.05, 4.69) is 10.4 Å². The molecule has 0 aliphatic carbocycles. The average Bonchev–Trinajstić information content (AvgIpc) is 2.61. The van der Waals surface area contributed by atoms with Gasteiger partial charge >= 0.3 is 0 Å². The molecule has 0 fully saturated rings. The average molecular weight is 241 g/mol. The summed E-state index contributed by atoms with van der Waals surface area (Å²) in [5.41, 5.74) is 1.94. The van der Waals surface area contributed by atoms with E-state index in [1.807, 2.05) is 20.2 Å². The van der Waals surface area contributed by atoms with E-state index in [1.165, 1.54) is 0 Å². The van der Waals surface area contributed by atoms with Gasteiger partial charge in [0.05, 0.1) is 18.9 Å². The second-order valence-electron chi connectivity index (χ2n) is 3.74. The van der Waals surface area contributed by atoms with Gasteiger partial charge in [0.2, 0.25) is 5.91 Å². The first-order valence-corrected chi connectivity index (χ1v) is 5.46. The molecule has 1 N–H and O–H groups in total. The lowest BCUT2D eigenvalue weighted by molar-refractivity contribution is -0.126. The molecule has 0 unspecified atom stereocenters. The molecule has 1 aromatic heterocycles. The van der Waals surface area contributed by atoms with Gasteiger partial charge in [-0.2, -0.15) is 5.10 Å². The fraction of sp³-hybridized carbons (Fsp3) is 0.636. The Morgan fingerprint density at radius 2 is 2.29 bits per heavy atom. The van der Waals surface area contributed by atoms with Crippen LogP contribution in [0, 0.1) is 6.92 Å². The third-order valence-electron chi connectivity index (χ3n) is 2.26. The molecule has 0 saturated heterocycles. The molecule has 0 aliphatic heterocycles. The molecule has 0 aliphatic rings. The molecular weight excluding hydrogens is 222 g/mol. The summed E-state index contributed by atoms with van der Waals surface area (Å²) < 4.78 is 11.6. The second-order valence-corrected chi connectivity index (χ2v) is 3.74. The number of methoxy groups -OCH3 is 1. The third kappa shape index (κ3) is 4.97. The minimum atomic E-state index is -0.135. The van der Waals surface area contributed by atoms with Crippen LogP contribution in [0.5, 0.6) is 0 Å². The number of hydrogen-bond donors (Lipinski definition) is 1. The van der Waals surface area contributed by atoms with Crippen LogP contribution in [0.4, 0.5) is 0 Å². The topological polar surface area (TPSA) is 65.4 Å². The lowest BCUT2D eigenvalue weighted by Crippen LogP contribution is -2.27. The number of nitrogens with zero attached hydrogens (tertiary/aromatic N) is 2. The van der Waals surface area contributed by atoms with Crippen molar-refractivity contribution in [3.05, 3.63) is 17.5 Å². The first-order chi connectivity index (χ1) is 8.13. The lowest BCUT2D eigenvalue weighted by atomic mass is 10.2. The molecule has 1 heterocycles. The zero-order valence-corrected chi connectivity index (χ0v) is 10.5. The maximum atomic E-state index is 11.4. The van der Waals surface area contributed by atoms with Gasteiger partial charge in [0, 0.05) is 32.5 Å². The Morgan fingerprint density at radius 1 is 1.53 bits per heavy atom. The molecule has 1 amide bonds. The second kappa shape index (κ2) is 7.03. The van der Waals surface area contributed by atoms with Gasteiger partial charge in [0.15, 0.2) is 0 Å². The molecule has 6 heteroatoms. The van der Waals surface area contributed by atoms with Crippen molar-refractivity contribution in [3.8, 4) is 0 Å². The Morgan fingerprint density at radius 3 is 2.88 bits per heavy atom. The van der Waals surface area contributed by atoms with Crippen LogP contribution in [-0.4, -0.2) is 42.6 Å². The van der Waals surface area contributed by atoms with Gasteiger partial charge in [-0.25, -0.2) is 0 Å². The highest BCUT2D eigenvalue weighted by molar-refractivity contribution is 5.77. The number of hydrogen-bond acceptors (Lipinski definition) is 4. The number of nitrogens with one attached hydrogen (secondary N) is 1. The molecule has 0 saturated carbocycles. The van der Waals surface area contributed by atoms with Gasteiger partial charge in [-0.15, -0.1) is 0 Å². The van der Waals surface area contributed by atoms with Crippen LogP contribution in [0.2, 0.25) is 0 Å². The predicted octanol–water partition coefficient (Wildman–Crippen LogP) is 0.00772. The van der Waals surface area contributed by atoms with E-state index in [4.69, 9.17) is 9.47 Å². The fourth-order valence-electron chi connectivity index (χ4n) is 1.37. The number of amides is 1. The van der Waals surface area contributed by atoms with Gasteiger partial charge < -0.3 is 14.8 Å². The first kappa shape index (κ1) is 13.7. The molecular formula is C11H19N3O3. The van der Waals surface area contributed by atoms with Crippen LogP contribution in [0.15, 0.2) is 6.20 Å². The highest BCUT2D eigenvalue weighted by Gasteiger charge is 2.05. The maximum Gasteiger partial charge on any atom is 0.246 e. The number of carbonyl (C=O) groups is 1. The minimum absolute atomic E-state index is 0.0582. The van der Waals surface area contributed by atoms with Crippen molar-refractivity contribution in [1.29, 1.82) is 0 Å². The van der Waals surface area contributed by atoms with Crippen molar-refractivity contribution < 1.29 is 14.3 Å². The van der Waals surface area contributed by atoms with Crippen LogP contribution in [0.25, 0.3) is 0 Å². The monoisotopic (exact) mass is 241 g/mol. The lowest BCUT2D eigenvalue weighted by Gasteiger charge is -2.05. The Labute approximate surface area is 101 Å². The SMILES string of the molecule is COCCOCC(=O)NCc1cn(C)nc1C. The highest BCUT2D eigenvalue weighted by atomic mass is 16.5. The molecule has 96 valence electrons. The molecule has 0 atom stereocenters. The van der Waals surface area contributed by atoms with Gasteiger partial charge in [0.1, 0.15) is 6.61 Å². The zero-order chi connectivity index (χ0) is 12.7. The smallest absolute Gasteiger partial charge is 0.246 e. The van der Waals surface area contributed by atoms with Crippen LogP contribution < -0.4 is 5.32 Å². The van der Waals surface area contributed by atoms with E-state index < -0.39 is 0 Å². The van der Waals surface area contributed by atoms with Crippen molar-refractivity contribution >= 4 is 5.91 Å². The third-order valence-corrected chi connectivity index (χ3v) is 2.26. The number of carbonyl (C=O) groups excluding carboxylic acids is 1. The molecule has 1 rings (SSSR count). The Kier molecular flexibility index (Phi) is 5.65. The number of aryl methyl sites for hydroxylation is 2. The van der Waals surface area contributed by atoms with Crippen molar-refractivity contribution in [3.63, 3.8) is 0 Å². The Balaban J connectivity index is 2.21. The molecule has 0 radical (unpaired) electrons. The largest absolute Gasteiger partial charge is 0.382 e. The summed E-state index contributed by atoms with van der Waals surface area (Å²) in [5, 5.41) is 6.97. The molecule has 1 aromatic rings. The maximum absolute atomic E-state index is 11.4. The zero-order valence-electron chi connectivity index (χ0n) is 10.5. The van der Waals surface area contributed by atoms with E-state index in [-0.39, 0.29) is 12.5 Å². The first-order valence-electron chi connectivity index (χ1n) is 5.46. The normalized spacial score (nSPS) is 10.5. The summed E-state index contributed by atoms with van der Waals surface area (Å²) in [5.74, 6) is -0.135. The van der Waals surface area contributed by atoms with Crippen molar-refractivity contribution in [1.82, 2.24) is 15.1 Å². The number of ether oxygens (including phenoxy) is 2. The highest BCUT2D eigenvalue weighted by Crippen LogP contribution is 2.03. The van der Waals surface area contributed by atoms with Crippen LogP contribution >= 0.6 is 0 Å². The quantitative estimate of drug-likeness (QED) is 0.683. The van der Waals surface area contributed by atoms with E-state index in [1.54, 1.807) is 11.8 Å². The van der Waals surface area contributed by atoms with Gasteiger partial charge in [0.25, 0.3) is 0 Å². The number of rotatable bonds is 7. The minimum Gasteiger partial charge on any atom is -0.382 e. The van der Waals surface area contributed by atoms with Crippen molar-refractivity contribution in [2.24, 2.45) is 7.05 Å². The van der Waals surface area contributed by atoms with Gasteiger partial charge in [-0.1, -0.05) is 0 Å². The summed E-state index contributed by atoms with van der Waals surface area (Å²) >= 11 is 0. The van der Waals surface area contributed by atoms with Crippen LogP contribution in [0.3, 0.4) is 0 Å². The van der Waals surface area contributed by atoms with E-state index in [0.717, 1.165) is 11.3 Å². The molecule has 0 aromatic carbocycles. The summed E-state index contributed by atoms with van der Waals surface area (Å²) in [6.07, 6.45) is 1.89. The van der Waals surface area contributed by atoms with Gasteiger partial charge in [-0.3, -0.25) is 9.48 Å². The summed E-state index contributed by atoms with van der Waals surface area (Å²) in [4.78, 5) is 11.4. The summed E-state index contributed by atoms with van der Waals surface area (Å²) in [6, 6.07) is 0. The fourth-order valence-corrected chi connectivity index (χ4v) is 1.37. The predicted molar refractivity (Wildman–Crippen MR) is 62.5 cm³/mol. The molecule has 0 spiro atoms.